The summed E-state index contributed by atoms with van der Waals surface area (Å²) in [6.45, 7) is 0. The van der Waals surface area contributed by atoms with E-state index in [1.54, 1.807) is 12.1 Å². The minimum atomic E-state index is -3.18. The van der Waals surface area contributed by atoms with Gasteiger partial charge in [0.25, 0.3) is 5.19 Å². The lowest BCUT2D eigenvalue weighted by Gasteiger charge is -2.02. The van der Waals surface area contributed by atoms with E-state index in [-0.39, 0.29) is 4.90 Å². The molecule has 0 atom stereocenters. The monoisotopic (exact) mass is 305 g/mol. The zero-order valence-corrected chi connectivity index (χ0v) is 12.2. The van der Waals surface area contributed by atoms with Crippen LogP contribution in [0.4, 0.5) is 0 Å². The van der Waals surface area contributed by atoms with Gasteiger partial charge < -0.3 is 4.74 Å². The molecule has 4 nitrogen and oxygen atoms in total. The van der Waals surface area contributed by atoms with Gasteiger partial charge in [-0.3, -0.25) is 0 Å². The molecule has 0 radical (unpaired) electrons. The summed E-state index contributed by atoms with van der Waals surface area (Å²) in [6, 6.07) is 14.1. The Morgan fingerprint density at radius 2 is 1.75 bits per heavy atom. The van der Waals surface area contributed by atoms with E-state index in [2.05, 4.69) is 4.98 Å². The second kappa shape index (κ2) is 4.88. The fourth-order valence-electron chi connectivity index (χ4n) is 1.75. The second-order valence-electron chi connectivity index (χ2n) is 4.29. The van der Waals surface area contributed by atoms with Gasteiger partial charge >= 0.3 is 0 Å². The van der Waals surface area contributed by atoms with Crippen molar-refractivity contribution in [2.45, 2.75) is 4.90 Å². The van der Waals surface area contributed by atoms with Gasteiger partial charge in [-0.1, -0.05) is 23.5 Å². The van der Waals surface area contributed by atoms with Crippen LogP contribution in [0.5, 0.6) is 10.9 Å². The molecular formula is C14H11NO3S2. The number of para-hydroxylation sites is 1. The normalized spacial score (nSPS) is 11.7. The van der Waals surface area contributed by atoms with Crippen LogP contribution >= 0.6 is 11.3 Å². The molecule has 0 unspecified atom stereocenters. The van der Waals surface area contributed by atoms with E-state index in [9.17, 15) is 8.42 Å². The van der Waals surface area contributed by atoms with Gasteiger partial charge in [0.2, 0.25) is 0 Å². The highest BCUT2D eigenvalue weighted by molar-refractivity contribution is 7.90. The molecule has 6 heteroatoms. The van der Waals surface area contributed by atoms with Crippen molar-refractivity contribution in [1.29, 1.82) is 0 Å². The van der Waals surface area contributed by atoms with Crippen LogP contribution in [0.3, 0.4) is 0 Å². The quantitative estimate of drug-likeness (QED) is 0.743. The SMILES string of the molecule is CS(=O)(=O)c1ccc(Oc2nc3ccccc3s2)cc1. The van der Waals surface area contributed by atoms with E-state index < -0.39 is 9.84 Å². The lowest BCUT2D eigenvalue weighted by molar-refractivity contribution is 0.479. The van der Waals surface area contributed by atoms with Crippen molar-refractivity contribution in [1.82, 2.24) is 4.98 Å². The van der Waals surface area contributed by atoms with Gasteiger partial charge in [-0.25, -0.2) is 13.4 Å². The maximum Gasteiger partial charge on any atom is 0.279 e. The third-order valence-electron chi connectivity index (χ3n) is 2.73. The summed E-state index contributed by atoms with van der Waals surface area (Å²) < 4.78 is 29.4. The van der Waals surface area contributed by atoms with Crippen molar-refractivity contribution in [3.63, 3.8) is 0 Å². The van der Waals surface area contributed by atoms with Crippen molar-refractivity contribution >= 4 is 31.4 Å². The standard InChI is InChI=1S/C14H11NO3S2/c1-20(16,17)11-8-6-10(7-9-11)18-14-15-12-4-2-3-5-13(12)19-14/h2-9H,1H3. The summed E-state index contributed by atoms with van der Waals surface area (Å²) in [4.78, 5) is 4.63. The van der Waals surface area contributed by atoms with Gasteiger partial charge in [0.1, 0.15) is 5.75 Å². The summed E-state index contributed by atoms with van der Waals surface area (Å²) in [6.07, 6.45) is 1.18. The van der Waals surface area contributed by atoms with E-state index in [0.717, 1.165) is 10.2 Å². The van der Waals surface area contributed by atoms with Crippen LogP contribution in [0, 0.1) is 0 Å². The Balaban J connectivity index is 1.87. The Morgan fingerprint density at radius 3 is 2.40 bits per heavy atom. The molecule has 1 aromatic heterocycles. The first-order valence-corrected chi connectivity index (χ1v) is 8.57. The number of aromatic nitrogens is 1. The Labute approximate surface area is 120 Å². The van der Waals surface area contributed by atoms with Crippen LogP contribution in [0.15, 0.2) is 53.4 Å². The lowest BCUT2D eigenvalue weighted by atomic mass is 10.3. The summed E-state index contributed by atoms with van der Waals surface area (Å²) in [5.41, 5.74) is 0.889. The molecule has 0 spiro atoms. The average molecular weight is 305 g/mol. The molecule has 0 aliphatic heterocycles. The van der Waals surface area contributed by atoms with Crippen LogP contribution in [-0.4, -0.2) is 19.7 Å². The maximum atomic E-state index is 11.4. The predicted octanol–water partition coefficient (Wildman–Crippen LogP) is 3.49. The highest BCUT2D eigenvalue weighted by Gasteiger charge is 2.08. The number of benzene rings is 2. The summed E-state index contributed by atoms with van der Waals surface area (Å²) in [7, 11) is -3.18. The summed E-state index contributed by atoms with van der Waals surface area (Å²) >= 11 is 1.45. The van der Waals surface area contributed by atoms with Crippen LogP contribution in [0.25, 0.3) is 10.2 Å². The predicted molar refractivity (Wildman–Crippen MR) is 79.2 cm³/mol. The number of fused-ring (bicyclic) bond motifs is 1. The molecule has 0 aliphatic carbocycles. The maximum absolute atomic E-state index is 11.4. The van der Waals surface area contributed by atoms with Crippen molar-refractivity contribution in [3.05, 3.63) is 48.5 Å². The molecule has 2 aromatic carbocycles. The first kappa shape index (κ1) is 13.1. The molecular weight excluding hydrogens is 294 g/mol. The number of rotatable bonds is 3. The minimum Gasteiger partial charge on any atom is -0.431 e. The fraction of sp³-hybridized carbons (Fsp3) is 0.0714. The Kier molecular flexibility index (Phi) is 3.19. The number of thiazole rings is 1. The molecule has 3 aromatic rings. The highest BCUT2D eigenvalue weighted by atomic mass is 32.2. The van der Waals surface area contributed by atoms with Gasteiger partial charge in [-0.15, -0.1) is 0 Å². The lowest BCUT2D eigenvalue weighted by Crippen LogP contribution is -1.96. The van der Waals surface area contributed by atoms with Crippen molar-refractivity contribution in [2.75, 3.05) is 6.26 Å². The van der Waals surface area contributed by atoms with E-state index in [1.165, 1.54) is 29.7 Å². The zero-order valence-electron chi connectivity index (χ0n) is 10.6. The van der Waals surface area contributed by atoms with Gasteiger partial charge in [-0.05, 0) is 36.4 Å². The molecule has 0 fully saturated rings. The molecule has 0 aliphatic rings. The first-order valence-electron chi connectivity index (χ1n) is 5.86. The minimum absolute atomic E-state index is 0.272. The second-order valence-corrected chi connectivity index (χ2v) is 7.30. The average Bonchev–Trinajstić information content (AvgIpc) is 2.80. The van der Waals surface area contributed by atoms with E-state index in [4.69, 9.17) is 4.74 Å². The van der Waals surface area contributed by atoms with Crippen molar-refractivity contribution in [3.8, 4) is 10.9 Å². The van der Waals surface area contributed by atoms with Gasteiger partial charge in [0.15, 0.2) is 9.84 Å². The van der Waals surface area contributed by atoms with Crippen LogP contribution in [0.2, 0.25) is 0 Å². The number of nitrogens with zero attached hydrogens (tertiary/aromatic N) is 1. The molecule has 0 saturated carbocycles. The van der Waals surface area contributed by atoms with E-state index in [1.807, 2.05) is 24.3 Å². The molecule has 102 valence electrons. The smallest absolute Gasteiger partial charge is 0.279 e. The van der Waals surface area contributed by atoms with Crippen molar-refractivity contribution in [2.24, 2.45) is 0 Å². The summed E-state index contributed by atoms with van der Waals surface area (Å²) in [5, 5.41) is 0.540. The Bertz CT molecular complexity index is 819. The molecule has 20 heavy (non-hydrogen) atoms. The Hall–Kier alpha value is -1.92. The molecule has 3 rings (SSSR count). The summed E-state index contributed by atoms with van der Waals surface area (Å²) in [5.74, 6) is 0.566. The molecule has 0 bridgehead atoms. The third kappa shape index (κ3) is 2.66. The first-order chi connectivity index (χ1) is 9.52. The number of ether oxygens (including phenoxy) is 1. The molecule has 0 amide bonds. The fourth-order valence-corrected chi connectivity index (χ4v) is 3.22. The van der Waals surface area contributed by atoms with Crippen molar-refractivity contribution < 1.29 is 13.2 Å². The molecule has 1 heterocycles. The third-order valence-corrected chi connectivity index (χ3v) is 4.77. The number of sulfone groups is 1. The molecule has 0 N–H and O–H groups in total. The van der Waals surface area contributed by atoms with Crippen LogP contribution in [-0.2, 0) is 9.84 Å². The number of hydrogen-bond donors (Lipinski definition) is 0. The van der Waals surface area contributed by atoms with Gasteiger partial charge in [-0.2, -0.15) is 0 Å². The highest BCUT2D eigenvalue weighted by Crippen LogP contribution is 2.31. The van der Waals surface area contributed by atoms with E-state index in [0.29, 0.717) is 10.9 Å². The van der Waals surface area contributed by atoms with Crippen LogP contribution < -0.4 is 4.74 Å². The number of hydrogen-bond acceptors (Lipinski definition) is 5. The molecule has 0 saturated heterocycles. The Morgan fingerprint density at radius 1 is 1.05 bits per heavy atom. The van der Waals surface area contributed by atoms with Gasteiger partial charge in [0, 0.05) is 6.26 Å². The topological polar surface area (TPSA) is 56.3 Å². The van der Waals surface area contributed by atoms with Gasteiger partial charge in [0.05, 0.1) is 15.1 Å². The largest absolute Gasteiger partial charge is 0.431 e. The van der Waals surface area contributed by atoms with Crippen LogP contribution in [0.1, 0.15) is 0 Å². The zero-order chi connectivity index (χ0) is 14.2. The van der Waals surface area contributed by atoms with E-state index >= 15 is 0 Å².